The van der Waals surface area contributed by atoms with Crippen LogP contribution < -0.4 is 15.5 Å². The van der Waals surface area contributed by atoms with Gasteiger partial charge in [0.2, 0.25) is 5.66 Å². The topological polar surface area (TPSA) is 61.4 Å². The van der Waals surface area contributed by atoms with Crippen molar-refractivity contribution in [1.82, 2.24) is 5.32 Å². The number of hydrogen-bond acceptors (Lipinski definition) is 3. The van der Waals surface area contributed by atoms with Gasteiger partial charge in [-0.25, -0.2) is 4.39 Å². The predicted molar refractivity (Wildman–Crippen MR) is 119 cm³/mol. The van der Waals surface area contributed by atoms with Gasteiger partial charge in [0, 0.05) is 14.5 Å². The number of anilines is 2. The molecule has 0 aliphatic carbocycles. The van der Waals surface area contributed by atoms with E-state index in [4.69, 9.17) is 0 Å². The second-order valence-corrected chi connectivity index (χ2v) is 8.94. The molecule has 30 heavy (non-hydrogen) atoms. The number of para-hydroxylation sites is 1. The van der Waals surface area contributed by atoms with E-state index in [1.807, 2.05) is 30.3 Å². The maximum atomic E-state index is 13.7. The molecule has 8 heteroatoms. The summed E-state index contributed by atoms with van der Waals surface area (Å²) in [6.45, 7) is 0.254. The van der Waals surface area contributed by atoms with Crippen LogP contribution in [0.1, 0.15) is 21.5 Å². The molecule has 2 aliphatic rings. The minimum absolute atomic E-state index is 0.254. The monoisotopic (exact) mass is 529 g/mol. The summed E-state index contributed by atoms with van der Waals surface area (Å²) in [5.41, 5.74) is 1.70. The van der Waals surface area contributed by atoms with Gasteiger partial charge in [-0.1, -0.05) is 46.3 Å². The number of hydrogen-bond donors (Lipinski definition) is 2. The van der Waals surface area contributed by atoms with Gasteiger partial charge in [-0.05, 0) is 51.8 Å². The average Bonchev–Trinajstić information content (AvgIpc) is 2.93. The van der Waals surface area contributed by atoms with Gasteiger partial charge in [0.05, 0.1) is 23.5 Å². The van der Waals surface area contributed by atoms with E-state index in [1.165, 1.54) is 12.1 Å². The maximum absolute atomic E-state index is 13.7. The Morgan fingerprint density at radius 1 is 0.967 bits per heavy atom. The highest BCUT2D eigenvalue weighted by molar-refractivity contribution is 9.11. The molecule has 0 bridgehead atoms. The first-order valence-corrected chi connectivity index (χ1v) is 10.7. The number of carbonyl (C=O) groups is 2. The summed E-state index contributed by atoms with van der Waals surface area (Å²) < 4.78 is 14.7. The maximum Gasteiger partial charge on any atom is 0.278 e. The molecule has 0 fully saturated rings. The SMILES string of the molecule is O=C1NC2(Nc3c(Br)cc(Br)cc31)C(=O)N(Cc1ccc(F)cc1)c1ccccc12. The van der Waals surface area contributed by atoms with Gasteiger partial charge in [0.1, 0.15) is 5.82 Å². The molecule has 1 atom stereocenters. The van der Waals surface area contributed by atoms with E-state index in [0.717, 1.165) is 10.0 Å². The van der Waals surface area contributed by atoms with Gasteiger partial charge >= 0.3 is 0 Å². The van der Waals surface area contributed by atoms with Crippen LogP contribution in [0.5, 0.6) is 0 Å². The summed E-state index contributed by atoms with van der Waals surface area (Å²) >= 11 is 6.89. The van der Waals surface area contributed by atoms with E-state index in [-0.39, 0.29) is 24.2 Å². The summed E-state index contributed by atoms with van der Waals surface area (Å²) in [4.78, 5) is 28.3. The fourth-order valence-electron chi connectivity index (χ4n) is 3.96. The van der Waals surface area contributed by atoms with Crippen LogP contribution in [0.4, 0.5) is 15.8 Å². The summed E-state index contributed by atoms with van der Waals surface area (Å²) in [5.74, 6) is -0.989. The highest BCUT2D eigenvalue weighted by Crippen LogP contribution is 2.46. The molecule has 2 N–H and O–H groups in total. The molecule has 5 rings (SSSR count). The Balaban J connectivity index is 1.62. The molecule has 0 saturated heterocycles. The zero-order valence-corrected chi connectivity index (χ0v) is 18.6. The van der Waals surface area contributed by atoms with Gasteiger partial charge in [-0.3, -0.25) is 9.59 Å². The Morgan fingerprint density at radius 2 is 1.70 bits per heavy atom. The van der Waals surface area contributed by atoms with Crippen LogP contribution in [0, 0.1) is 5.82 Å². The first kappa shape index (κ1) is 19.3. The van der Waals surface area contributed by atoms with Crippen molar-refractivity contribution in [3.8, 4) is 0 Å². The molecule has 0 radical (unpaired) electrons. The summed E-state index contributed by atoms with van der Waals surface area (Å²) in [7, 11) is 0. The molecule has 2 amide bonds. The van der Waals surface area contributed by atoms with Crippen LogP contribution in [0.2, 0.25) is 0 Å². The second kappa shape index (κ2) is 6.92. The molecular weight excluding hydrogens is 517 g/mol. The van der Waals surface area contributed by atoms with Crippen molar-refractivity contribution >= 4 is 55.0 Å². The van der Waals surface area contributed by atoms with Crippen LogP contribution in [0.25, 0.3) is 0 Å². The van der Waals surface area contributed by atoms with E-state index in [1.54, 1.807) is 23.1 Å². The van der Waals surface area contributed by atoms with Crippen molar-refractivity contribution in [2.75, 3.05) is 10.2 Å². The molecule has 1 spiro atoms. The smallest absolute Gasteiger partial charge is 0.278 e. The van der Waals surface area contributed by atoms with Crippen molar-refractivity contribution in [1.29, 1.82) is 0 Å². The lowest BCUT2D eigenvalue weighted by Gasteiger charge is -2.37. The number of nitrogens with one attached hydrogen (secondary N) is 2. The van der Waals surface area contributed by atoms with E-state index in [0.29, 0.717) is 27.0 Å². The number of fused-ring (bicyclic) bond motifs is 3. The molecule has 150 valence electrons. The third kappa shape index (κ3) is 2.86. The van der Waals surface area contributed by atoms with Gasteiger partial charge in [-0.2, -0.15) is 0 Å². The number of rotatable bonds is 2. The van der Waals surface area contributed by atoms with Gasteiger partial charge in [0.15, 0.2) is 0 Å². The molecule has 5 nitrogen and oxygen atoms in total. The van der Waals surface area contributed by atoms with Crippen LogP contribution >= 0.6 is 31.9 Å². The lowest BCUT2D eigenvalue weighted by molar-refractivity contribution is -0.123. The number of benzene rings is 3. The third-order valence-corrected chi connectivity index (χ3v) is 6.42. The lowest BCUT2D eigenvalue weighted by Crippen LogP contribution is -2.60. The fraction of sp³-hybridized carbons (Fsp3) is 0.0909. The molecule has 2 aliphatic heterocycles. The predicted octanol–water partition coefficient (Wildman–Crippen LogP) is 4.91. The minimum Gasteiger partial charge on any atom is -0.350 e. The number of carbonyl (C=O) groups excluding carboxylic acids is 2. The molecule has 3 aromatic carbocycles. The Labute approximate surface area is 188 Å². The Kier molecular flexibility index (Phi) is 4.44. The zero-order chi connectivity index (χ0) is 21.0. The number of nitrogens with zero attached hydrogens (tertiary/aromatic N) is 1. The Morgan fingerprint density at radius 3 is 2.47 bits per heavy atom. The molecular formula is C22H14Br2FN3O2. The van der Waals surface area contributed by atoms with E-state index in [9.17, 15) is 14.0 Å². The summed E-state index contributed by atoms with van der Waals surface area (Å²) in [5, 5.41) is 6.17. The van der Waals surface area contributed by atoms with Crippen LogP contribution in [-0.2, 0) is 17.0 Å². The lowest BCUT2D eigenvalue weighted by atomic mass is 9.95. The fourth-order valence-corrected chi connectivity index (χ4v) is 5.28. The van der Waals surface area contributed by atoms with Crippen molar-refractivity contribution < 1.29 is 14.0 Å². The number of halogens is 3. The van der Waals surface area contributed by atoms with Crippen LogP contribution in [0.3, 0.4) is 0 Å². The first-order chi connectivity index (χ1) is 14.4. The highest BCUT2D eigenvalue weighted by Gasteiger charge is 2.54. The quantitative estimate of drug-likeness (QED) is 0.495. The van der Waals surface area contributed by atoms with Crippen LogP contribution in [-0.4, -0.2) is 11.8 Å². The van der Waals surface area contributed by atoms with Gasteiger partial charge < -0.3 is 15.5 Å². The molecule has 3 aromatic rings. The van der Waals surface area contributed by atoms with Gasteiger partial charge in [0.25, 0.3) is 11.8 Å². The number of amides is 2. The third-order valence-electron chi connectivity index (χ3n) is 5.33. The average molecular weight is 531 g/mol. The van der Waals surface area contributed by atoms with Crippen molar-refractivity contribution in [3.05, 3.63) is 92.1 Å². The van der Waals surface area contributed by atoms with Crippen molar-refractivity contribution in [3.63, 3.8) is 0 Å². The Bertz CT molecular complexity index is 1220. The summed E-state index contributed by atoms with van der Waals surface area (Å²) in [6, 6.07) is 16.9. The van der Waals surface area contributed by atoms with Crippen LogP contribution in [0.15, 0.2) is 69.6 Å². The molecule has 0 aromatic heterocycles. The summed E-state index contributed by atoms with van der Waals surface area (Å²) in [6.07, 6.45) is 0. The largest absolute Gasteiger partial charge is 0.350 e. The second-order valence-electron chi connectivity index (χ2n) is 7.17. The normalized spacial score (nSPS) is 19.4. The minimum atomic E-state index is -1.42. The standard InChI is InChI=1S/C22H14Br2FN3O2/c23-13-9-15-19(17(24)10-13)26-22(27-20(15)29)16-3-1-2-4-18(16)28(21(22)30)11-12-5-7-14(25)8-6-12/h1-10,26H,11H2,(H,27,29). The van der Waals surface area contributed by atoms with E-state index >= 15 is 0 Å². The highest BCUT2D eigenvalue weighted by atomic mass is 79.9. The van der Waals surface area contributed by atoms with Crippen molar-refractivity contribution in [2.24, 2.45) is 0 Å². The first-order valence-electron chi connectivity index (χ1n) is 9.15. The Hall–Kier alpha value is -2.71. The molecule has 0 saturated carbocycles. The van der Waals surface area contributed by atoms with Crippen molar-refractivity contribution in [2.45, 2.75) is 12.2 Å². The van der Waals surface area contributed by atoms with E-state index in [2.05, 4.69) is 42.5 Å². The van der Waals surface area contributed by atoms with E-state index < -0.39 is 5.66 Å². The molecule has 1 unspecified atom stereocenters. The van der Waals surface area contributed by atoms with Gasteiger partial charge in [-0.15, -0.1) is 0 Å². The molecule has 2 heterocycles. The zero-order valence-electron chi connectivity index (χ0n) is 15.4.